The van der Waals surface area contributed by atoms with Crippen LogP contribution < -0.4 is 4.90 Å². The Kier molecular flexibility index (Phi) is 3.56. The van der Waals surface area contributed by atoms with Gasteiger partial charge in [-0.25, -0.2) is 9.97 Å². The molecule has 0 amide bonds. The summed E-state index contributed by atoms with van der Waals surface area (Å²) >= 11 is 0. The van der Waals surface area contributed by atoms with Crippen LogP contribution in [0.4, 0.5) is 5.82 Å². The minimum absolute atomic E-state index is 0.0112. The molecule has 1 aliphatic carbocycles. The Morgan fingerprint density at radius 1 is 1.47 bits per heavy atom. The molecule has 1 aliphatic rings. The SMILES string of the molecule is CCCN(CC(=O)O)c1ncnc2c1CCC2. The number of carboxylic acid groups (broad SMARTS) is 1. The topological polar surface area (TPSA) is 66.3 Å². The predicted octanol–water partition coefficient (Wildman–Crippen LogP) is 1.27. The van der Waals surface area contributed by atoms with Crippen molar-refractivity contribution in [3.63, 3.8) is 0 Å². The Balaban J connectivity index is 2.29. The molecule has 92 valence electrons. The summed E-state index contributed by atoms with van der Waals surface area (Å²) in [4.78, 5) is 21.2. The summed E-state index contributed by atoms with van der Waals surface area (Å²) in [7, 11) is 0. The Morgan fingerprint density at radius 3 is 3.00 bits per heavy atom. The van der Waals surface area contributed by atoms with E-state index in [0.29, 0.717) is 0 Å². The van der Waals surface area contributed by atoms with Gasteiger partial charge in [0.15, 0.2) is 0 Å². The highest BCUT2D eigenvalue weighted by Gasteiger charge is 2.21. The van der Waals surface area contributed by atoms with Crippen LogP contribution in [-0.4, -0.2) is 34.1 Å². The predicted molar refractivity (Wildman–Crippen MR) is 64.2 cm³/mol. The average molecular weight is 235 g/mol. The van der Waals surface area contributed by atoms with E-state index in [2.05, 4.69) is 9.97 Å². The number of hydrogen-bond donors (Lipinski definition) is 1. The smallest absolute Gasteiger partial charge is 0.323 e. The molecular weight excluding hydrogens is 218 g/mol. The van der Waals surface area contributed by atoms with Crippen molar-refractivity contribution in [2.24, 2.45) is 0 Å². The van der Waals surface area contributed by atoms with Crippen LogP contribution >= 0.6 is 0 Å². The normalized spacial score (nSPS) is 13.5. The summed E-state index contributed by atoms with van der Waals surface area (Å²) in [6.07, 6.45) is 5.49. The van der Waals surface area contributed by atoms with Crippen LogP contribution in [0.25, 0.3) is 0 Å². The fraction of sp³-hybridized carbons (Fsp3) is 0.583. The van der Waals surface area contributed by atoms with Crippen LogP contribution in [0, 0.1) is 0 Å². The molecule has 5 heteroatoms. The average Bonchev–Trinajstić information content (AvgIpc) is 2.75. The lowest BCUT2D eigenvalue weighted by molar-refractivity contribution is -0.135. The molecule has 0 bridgehead atoms. The lowest BCUT2D eigenvalue weighted by Gasteiger charge is -2.23. The van der Waals surface area contributed by atoms with E-state index in [1.807, 2.05) is 11.8 Å². The summed E-state index contributed by atoms with van der Waals surface area (Å²) in [5.74, 6) is 0.000518. The second-order valence-electron chi connectivity index (χ2n) is 4.29. The molecule has 0 radical (unpaired) electrons. The standard InChI is InChI=1S/C12H17N3O2/c1-2-6-15(7-11(16)17)12-9-4-3-5-10(9)13-8-14-12/h8H,2-7H2,1H3,(H,16,17). The van der Waals surface area contributed by atoms with Crippen molar-refractivity contribution in [1.82, 2.24) is 9.97 Å². The van der Waals surface area contributed by atoms with Gasteiger partial charge in [0.25, 0.3) is 0 Å². The molecule has 0 aromatic carbocycles. The van der Waals surface area contributed by atoms with Crippen molar-refractivity contribution in [2.75, 3.05) is 18.0 Å². The number of fused-ring (bicyclic) bond motifs is 1. The lowest BCUT2D eigenvalue weighted by atomic mass is 10.2. The molecule has 1 N–H and O–H groups in total. The van der Waals surface area contributed by atoms with E-state index in [0.717, 1.165) is 49.3 Å². The third-order valence-corrected chi connectivity index (χ3v) is 2.97. The van der Waals surface area contributed by atoms with Crippen molar-refractivity contribution in [3.8, 4) is 0 Å². The molecule has 0 aliphatic heterocycles. The minimum atomic E-state index is -0.816. The molecule has 0 spiro atoms. The van der Waals surface area contributed by atoms with Gasteiger partial charge in [-0.1, -0.05) is 6.92 Å². The zero-order valence-electron chi connectivity index (χ0n) is 10.0. The molecule has 0 saturated heterocycles. The van der Waals surface area contributed by atoms with E-state index >= 15 is 0 Å². The van der Waals surface area contributed by atoms with Gasteiger partial charge >= 0.3 is 5.97 Å². The third-order valence-electron chi connectivity index (χ3n) is 2.97. The number of carbonyl (C=O) groups is 1. The lowest BCUT2D eigenvalue weighted by Crippen LogP contribution is -2.32. The molecule has 17 heavy (non-hydrogen) atoms. The summed E-state index contributed by atoms with van der Waals surface area (Å²) in [5.41, 5.74) is 2.23. The third kappa shape index (κ3) is 2.54. The van der Waals surface area contributed by atoms with Crippen LogP contribution in [0.5, 0.6) is 0 Å². The molecular formula is C12H17N3O2. The minimum Gasteiger partial charge on any atom is -0.480 e. The number of hydrogen-bond acceptors (Lipinski definition) is 4. The van der Waals surface area contributed by atoms with Gasteiger partial charge in [-0.15, -0.1) is 0 Å². The van der Waals surface area contributed by atoms with E-state index in [9.17, 15) is 4.79 Å². The number of aryl methyl sites for hydroxylation is 1. The van der Waals surface area contributed by atoms with Gasteiger partial charge in [-0.3, -0.25) is 4.79 Å². The molecule has 0 atom stereocenters. The van der Waals surface area contributed by atoms with Crippen molar-refractivity contribution >= 4 is 11.8 Å². The summed E-state index contributed by atoms with van der Waals surface area (Å²) in [6.45, 7) is 2.77. The maximum atomic E-state index is 10.9. The van der Waals surface area contributed by atoms with Crippen molar-refractivity contribution in [3.05, 3.63) is 17.6 Å². The first-order valence-corrected chi connectivity index (χ1v) is 6.02. The van der Waals surface area contributed by atoms with Gasteiger partial charge in [-0.2, -0.15) is 0 Å². The van der Waals surface area contributed by atoms with Crippen LogP contribution in [0.2, 0.25) is 0 Å². The first-order chi connectivity index (χ1) is 8.22. The number of anilines is 1. The van der Waals surface area contributed by atoms with E-state index in [1.54, 1.807) is 6.33 Å². The number of carboxylic acids is 1. The van der Waals surface area contributed by atoms with E-state index < -0.39 is 5.97 Å². The number of rotatable bonds is 5. The largest absolute Gasteiger partial charge is 0.480 e. The molecule has 0 unspecified atom stereocenters. The molecule has 2 rings (SSSR count). The fourth-order valence-corrected chi connectivity index (χ4v) is 2.31. The molecule has 5 nitrogen and oxygen atoms in total. The number of aliphatic carboxylic acids is 1. The Morgan fingerprint density at radius 2 is 2.29 bits per heavy atom. The van der Waals surface area contributed by atoms with Crippen molar-refractivity contribution in [1.29, 1.82) is 0 Å². The van der Waals surface area contributed by atoms with Crippen molar-refractivity contribution in [2.45, 2.75) is 32.6 Å². The molecule has 0 saturated carbocycles. The van der Waals surface area contributed by atoms with Gasteiger partial charge in [0, 0.05) is 17.8 Å². The summed E-state index contributed by atoms with van der Waals surface area (Å²) in [5, 5.41) is 8.94. The molecule has 0 fully saturated rings. The zero-order chi connectivity index (χ0) is 12.3. The van der Waals surface area contributed by atoms with Crippen LogP contribution in [0.3, 0.4) is 0 Å². The monoisotopic (exact) mass is 235 g/mol. The highest BCUT2D eigenvalue weighted by atomic mass is 16.4. The second-order valence-corrected chi connectivity index (χ2v) is 4.29. The Hall–Kier alpha value is -1.65. The quantitative estimate of drug-likeness (QED) is 0.832. The van der Waals surface area contributed by atoms with Gasteiger partial charge in [0.2, 0.25) is 0 Å². The van der Waals surface area contributed by atoms with Gasteiger partial charge in [-0.05, 0) is 25.7 Å². The van der Waals surface area contributed by atoms with Crippen LogP contribution in [0.1, 0.15) is 31.0 Å². The molecule has 1 aromatic rings. The van der Waals surface area contributed by atoms with Crippen LogP contribution in [0.15, 0.2) is 6.33 Å². The zero-order valence-corrected chi connectivity index (χ0v) is 10.0. The maximum Gasteiger partial charge on any atom is 0.323 e. The highest BCUT2D eigenvalue weighted by Crippen LogP contribution is 2.27. The van der Waals surface area contributed by atoms with E-state index in [1.165, 1.54) is 0 Å². The van der Waals surface area contributed by atoms with E-state index in [-0.39, 0.29) is 6.54 Å². The van der Waals surface area contributed by atoms with E-state index in [4.69, 9.17) is 5.11 Å². The van der Waals surface area contributed by atoms with Crippen LogP contribution in [-0.2, 0) is 17.6 Å². The van der Waals surface area contributed by atoms with Gasteiger partial charge in [0.05, 0.1) is 0 Å². The summed E-state index contributed by atoms with van der Waals surface area (Å²) < 4.78 is 0. The fourth-order valence-electron chi connectivity index (χ4n) is 2.31. The second kappa shape index (κ2) is 5.12. The molecule has 1 aromatic heterocycles. The first-order valence-electron chi connectivity index (χ1n) is 6.02. The number of aromatic nitrogens is 2. The van der Waals surface area contributed by atoms with Crippen molar-refractivity contribution < 1.29 is 9.90 Å². The number of nitrogens with zero attached hydrogens (tertiary/aromatic N) is 3. The van der Waals surface area contributed by atoms with Gasteiger partial charge in [0.1, 0.15) is 18.7 Å². The Labute approximate surface area is 100 Å². The molecule has 1 heterocycles. The first kappa shape index (κ1) is 11.8. The summed E-state index contributed by atoms with van der Waals surface area (Å²) in [6, 6.07) is 0. The highest BCUT2D eigenvalue weighted by molar-refractivity contribution is 5.73. The Bertz CT molecular complexity index is 420. The van der Waals surface area contributed by atoms with Gasteiger partial charge < -0.3 is 10.0 Å². The maximum absolute atomic E-state index is 10.9.